The molecule has 1 fully saturated rings. The predicted octanol–water partition coefficient (Wildman–Crippen LogP) is 4.50. The number of thiocarbonyl (C=S) groups is 1. The smallest absolute Gasteiger partial charge is 0.266 e. The van der Waals surface area contributed by atoms with E-state index in [1.54, 1.807) is 19.1 Å². The first-order valence-corrected chi connectivity index (χ1v) is 9.97. The Morgan fingerprint density at radius 2 is 1.82 bits per heavy atom. The minimum Gasteiger partial charge on any atom is -0.497 e. The molecule has 0 radical (unpaired) electrons. The van der Waals surface area contributed by atoms with Crippen molar-refractivity contribution < 1.29 is 19.0 Å². The standard InChI is InChI=1S/C21H21NO4S2/c1-4-26-17-10-7-15(11-18(17)25-3)12-19-20(23)22(21(27)28-19)13-14-5-8-16(24-2)9-6-14/h5-12H,4,13H2,1-3H3/b19-12-. The molecule has 2 aromatic rings. The van der Waals surface area contributed by atoms with E-state index in [0.717, 1.165) is 16.9 Å². The van der Waals surface area contributed by atoms with Gasteiger partial charge in [-0.05, 0) is 48.4 Å². The van der Waals surface area contributed by atoms with Gasteiger partial charge in [-0.2, -0.15) is 0 Å². The van der Waals surface area contributed by atoms with Gasteiger partial charge in [-0.15, -0.1) is 0 Å². The Bertz CT molecular complexity index is 909. The summed E-state index contributed by atoms with van der Waals surface area (Å²) in [6.07, 6.45) is 1.82. The maximum atomic E-state index is 12.8. The Morgan fingerprint density at radius 3 is 2.46 bits per heavy atom. The zero-order valence-electron chi connectivity index (χ0n) is 15.9. The van der Waals surface area contributed by atoms with Crippen molar-refractivity contribution in [1.82, 2.24) is 4.90 Å². The molecule has 146 valence electrons. The van der Waals surface area contributed by atoms with Crippen LogP contribution in [0.4, 0.5) is 0 Å². The van der Waals surface area contributed by atoms with Crippen molar-refractivity contribution >= 4 is 40.3 Å². The van der Waals surface area contributed by atoms with Crippen LogP contribution in [0.2, 0.25) is 0 Å². The number of carbonyl (C=O) groups is 1. The third-order valence-corrected chi connectivity index (χ3v) is 5.54. The summed E-state index contributed by atoms with van der Waals surface area (Å²) < 4.78 is 16.6. The molecular formula is C21H21NO4S2. The van der Waals surface area contributed by atoms with Crippen LogP contribution in [0.15, 0.2) is 47.4 Å². The van der Waals surface area contributed by atoms with Crippen LogP contribution in [0.25, 0.3) is 6.08 Å². The summed E-state index contributed by atoms with van der Waals surface area (Å²) in [4.78, 5) is 15.0. The van der Waals surface area contributed by atoms with Crippen LogP contribution in [0.1, 0.15) is 18.1 Å². The molecule has 1 aliphatic heterocycles. The van der Waals surface area contributed by atoms with Gasteiger partial charge in [-0.1, -0.05) is 42.2 Å². The third kappa shape index (κ3) is 4.48. The van der Waals surface area contributed by atoms with Crippen molar-refractivity contribution in [3.8, 4) is 17.2 Å². The summed E-state index contributed by atoms with van der Waals surface area (Å²) >= 11 is 6.72. The minimum atomic E-state index is -0.0985. The van der Waals surface area contributed by atoms with E-state index in [0.29, 0.717) is 33.9 Å². The fourth-order valence-corrected chi connectivity index (χ4v) is 4.00. The van der Waals surface area contributed by atoms with Crippen molar-refractivity contribution in [2.45, 2.75) is 13.5 Å². The van der Waals surface area contributed by atoms with Gasteiger partial charge in [0.2, 0.25) is 0 Å². The van der Waals surface area contributed by atoms with Gasteiger partial charge in [0.25, 0.3) is 5.91 Å². The zero-order chi connectivity index (χ0) is 20.1. The number of carbonyl (C=O) groups excluding carboxylic acids is 1. The number of hydrogen-bond acceptors (Lipinski definition) is 6. The molecule has 0 aliphatic carbocycles. The number of amides is 1. The number of methoxy groups -OCH3 is 2. The average Bonchev–Trinajstić information content (AvgIpc) is 2.97. The molecule has 0 saturated carbocycles. The molecule has 0 bridgehead atoms. The Labute approximate surface area is 174 Å². The molecule has 7 heteroatoms. The Morgan fingerprint density at radius 1 is 1.07 bits per heavy atom. The number of nitrogens with zero attached hydrogens (tertiary/aromatic N) is 1. The highest BCUT2D eigenvalue weighted by Crippen LogP contribution is 2.35. The number of thioether (sulfide) groups is 1. The molecule has 1 saturated heterocycles. The summed E-state index contributed by atoms with van der Waals surface area (Å²) in [5.74, 6) is 1.98. The van der Waals surface area contributed by atoms with Crippen molar-refractivity contribution in [3.63, 3.8) is 0 Å². The third-order valence-electron chi connectivity index (χ3n) is 4.16. The van der Waals surface area contributed by atoms with E-state index in [4.69, 9.17) is 26.4 Å². The van der Waals surface area contributed by atoms with Crippen LogP contribution in [-0.4, -0.2) is 36.0 Å². The molecular weight excluding hydrogens is 394 g/mol. The molecule has 1 amide bonds. The second-order valence-electron chi connectivity index (χ2n) is 5.96. The van der Waals surface area contributed by atoms with Gasteiger partial charge >= 0.3 is 0 Å². The van der Waals surface area contributed by atoms with E-state index < -0.39 is 0 Å². The molecule has 1 heterocycles. The molecule has 0 aromatic heterocycles. The molecule has 3 rings (SSSR count). The summed E-state index contributed by atoms with van der Waals surface area (Å²) in [6.45, 7) is 2.90. The van der Waals surface area contributed by atoms with Gasteiger partial charge in [0.1, 0.15) is 10.1 Å². The SMILES string of the molecule is CCOc1ccc(/C=C2\SC(=S)N(Cc3ccc(OC)cc3)C2=O)cc1OC. The maximum absolute atomic E-state index is 12.8. The van der Waals surface area contributed by atoms with Crippen LogP contribution in [0.3, 0.4) is 0 Å². The largest absolute Gasteiger partial charge is 0.497 e. The van der Waals surface area contributed by atoms with Crippen molar-refractivity contribution in [2.75, 3.05) is 20.8 Å². The second kappa shape index (κ2) is 9.12. The van der Waals surface area contributed by atoms with Crippen molar-refractivity contribution in [2.24, 2.45) is 0 Å². The van der Waals surface area contributed by atoms with E-state index in [1.165, 1.54) is 11.8 Å². The highest BCUT2D eigenvalue weighted by molar-refractivity contribution is 8.26. The van der Waals surface area contributed by atoms with Crippen LogP contribution in [0.5, 0.6) is 17.2 Å². The monoisotopic (exact) mass is 415 g/mol. The first-order chi connectivity index (χ1) is 13.5. The lowest BCUT2D eigenvalue weighted by Gasteiger charge is -2.14. The van der Waals surface area contributed by atoms with Crippen LogP contribution in [-0.2, 0) is 11.3 Å². The molecule has 0 N–H and O–H groups in total. The Hall–Kier alpha value is -2.51. The predicted molar refractivity (Wildman–Crippen MR) is 116 cm³/mol. The fourth-order valence-electron chi connectivity index (χ4n) is 2.75. The Balaban J connectivity index is 1.78. The molecule has 5 nitrogen and oxygen atoms in total. The summed E-state index contributed by atoms with van der Waals surface area (Å²) in [5.41, 5.74) is 1.84. The molecule has 0 atom stereocenters. The van der Waals surface area contributed by atoms with Gasteiger partial charge in [-0.3, -0.25) is 9.69 Å². The van der Waals surface area contributed by atoms with Crippen LogP contribution in [0, 0.1) is 0 Å². The maximum Gasteiger partial charge on any atom is 0.266 e. The molecule has 0 unspecified atom stereocenters. The Kier molecular flexibility index (Phi) is 6.59. The van der Waals surface area contributed by atoms with E-state index in [9.17, 15) is 4.79 Å². The van der Waals surface area contributed by atoms with Crippen molar-refractivity contribution in [3.05, 3.63) is 58.5 Å². The van der Waals surface area contributed by atoms with Gasteiger partial charge in [0.05, 0.1) is 32.3 Å². The summed E-state index contributed by atoms with van der Waals surface area (Å²) in [5, 5.41) is 0. The summed E-state index contributed by atoms with van der Waals surface area (Å²) in [7, 11) is 3.22. The fraction of sp³-hybridized carbons (Fsp3) is 0.238. The van der Waals surface area contributed by atoms with Crippen LogP contribution >= 0.6 is 24.0 Å². The number of benzene rings is 2. The quantitative estimate of drug-likeness (QED) is 0.490. The zero-order valence-corrected chi connectivity index (χ0v) is 17.6. The topological polar surface area (TPSA) is 48.0 Å². The van der Waals surface area contributed by atoms with E-state index in [1.807, 2.05) is 55.5 Å². The number of rotatable bonds is 7. The van der Waals surface area contributed by atoms with Gasteiger partial charge in [0, 0.05) is 0 Å². The minimum absolute atomic E-state index is 0.0985. The highest BCUT2D eigenvalue weighted by Gasteiger charge is 2.32. The normalized spacial score (nSPS) is 15.2. The van der Waals surface area contributed by atoms with Gasteiger partial charge in [0.15, 0.2) is 11.5 Å². The highest BCUT2D eigenvalue weighted by atomic mass is 32.2. The average molecular weight is 416 g/mol. The molecule has 28 heavy (non-hydrogen) atoms. The van der Waals surface area contributed by atoms with Gasteiger partial charge < -0.3 is 14.2 Å². The first kappa shape index (κ1) is 20.2. The van der Waals surface area contributed by atoms with Crippen molar-refractivity contribution in [1.29, 1.82) is 0 Å². The number of hydrogen-bond donors (Lipinski definition) is 0. The molecule has 1 aliphatic rings. The number of ether oxygens (including phenoxy) is 3. The molecule has 0 spiro atoms. The van der Waals surface area contributed by atoms with E-state index in [-0.39, 0.29) is 5.91 Å². The van der Waals surface area contributed by atoms with E-state index >= 15 is 0 Å². The molecule has 2 aromatic carbocycles. The lowest BCUT2D eigenvalue weighted by molar-refractivity contribution is -0.122. The first-order valence-electron chi connectivity index (χ1n) is 8.74. The van der Waals surface area contributed by atoms with Crippen LogP contribution < -0.4 is 14.2 Å². The van der Waals surface area contributed by atoms with Gasteiger partial charge in [-0.25, -0.2) is 0 Å². The lowest BCUT2D eigenvalue weighted by atomic mass is 10.1. The summed E-state index contributed by atoms with van der Waals surface area (Å²) in [6, 6.07) is 13.2. The second-order valence-corrected chi connectivity index (χ2v) is 7.64. The van der Waals surface area contributed by atoms with E-state index in [2.05, 4.69) is 0 Å². The lowest BCUT2D eigenvalue weighted by Crippen LogP contribution is -2.27.